The van der Waals surface area contributed by atoms with E-state index in [9.17, 15) is 4.79 Å². The van der Waals surface area contributed by atoms with Crippen molar-refractivity contribution in [3.05, 3.63) is 28.0 Å². The minimum absolute atomic E-state index is 0.335. The van der Waals surface area contributed by atoms with Crippen molar-refractivity contribution < 1.29 is 9.90 Å². The number of thiophene rings is 1. The van der Waals surface area contributed by atoms with E-state index in [4.69, 9.17) is 16.7 Å². The molecule has 0 saturated carbocycles. The highest BCUT2D eigenvalue weighted by Crippen LogP contribution is 2.18. The van der Waals surface area contributed by atoms with E-state index >= 15 is 0 Å². The van der Waals surface area contributed by atoms with Crippen LogP contribution in [0.3, 0.4) is 0 Å². The number of allylic oxidation sites excluding steroid dienone is 1. The smallest absolute Gasteiger partial charge is 0.337 e. The van der Waals surface area contributed by atoms with E-state index in [1.54, 1.807) is 23.6 Å². The molecule has 0 aromatic carbocycles. The molecule has 0 saturated heterocycles. The van der Waals surface area contributed by atoms with Crippen molar-refractivity contribution in [2.24, 2.45) is 0 Å². The zero-order valence-corrected chi connectivity index (χ0v) is 7.73. The van der Waals surface area contributed by atoms with Gasteiger partial charge in [-0.3, -0.25) is 0 Å². The number of alkyl halides is 1. The first-order valence-corrected chi connectivity index (χ1v) is 4.70. The van der Waals surface area contributed by atoms with Crippen LogP contribution < -0.4 is 0 Å². The van der Waals surface area contributed by atoms with E-state index in [2.05, 4.69) is 0 Å². The second kappa shape index (κ2) is 4.28. The maximum absolute atomic E-state index is 10.6. The van der Waals surface area contributed by atoms with Crippen LogP contribution in [0.4, 0.5) is 0 Å². The molecular formula is C8H7ClO2S. The van der Waals surface area contributed by atoms with E-state index in [0.29, 0.717) is 11.4 Å². The third-order valence-corrected chi connectivity index (χ3v) is 2.34. The largest absolute Gasteiger partial charge is 0.478 e. The van der Waals surface area contributed by atoms with Gasteiger partial charge in [0.1, 0.15) is 0 Å². The van der Waals surface area contributed by atoms with E-state index < -0.39 is 5.97 Å². The number of carboxylic acid groups (broad SMARTS) is 1. The Morgan fingerprint density at radius 2 is 2.50 bits per heavy atom. The van der Waals surface area contributed by atoms with Crippen molar-refractivity contribution in [2.75, 3.05) is 5.88 Å². The van der Waals surface area contributed by atoms with Crippen LogP contribution in [0.2, 0.25) is 0 Å². The SMILES string of the molecule is O=C(O)c1ccsc1C=CCCl. The van der Waals surface area contributed by atoms with E-state index in [1.807, 2.05) is 0 Å². The molecule has 1 aromatic rings. The average molecular weight is 203 g/mol. The van der Waals surface area contributed by atoms with Gasteiger partial charge in [0, 0.05) is 10.8 Å². The molecule has 12 heavy (non-hydrogen) atoms. The second-order valence-corrected chi connectivity index (χ2v) is 3.32. The predicted molar refractivity (Wildman–Crippen MR) is 51.0 cm³/mol. The lowest BCUT2D eigenvalue weighted by atomic mass is 10.2. The molecule has 1 N–H and O–H groups in total. The number of halogens is 1. The molecule has 0 atom stereocenters. The minimum atomic E-state index is -0.898. The number of carbonyl (C=O) groups is 1. The third-order valence-electron chi connectivity index (χ3n) is 1.28. The van der Waals surface area contributed by atoms with Gasteiger partial charge in [0.05, 0.1) is 5.56 Å². The van der Waals surface area contributed by atoms with Crippen LogP contribution in [-0.4, -0.2) is 17.0 Å². The Bertz CT molecular complexity index is 304. The molecule has 4 heteroatoms. The van der Waals surface area contributed by atoms with Crippen LogP contribution in [0.5, 0.6) is 0 Å². The van der Waals surface area contributed by atoms with Gasteiger partial charge in [-0.05, 0) is 17.5 Å². The summed E-state index contributed by atoms with van der Waals surface area (Å²) in [5, 5.41) is 10.4. The standard InChI is InChI=1S/C8H7ClO2S/c9-4-1-2-7-6(8(10)11)3-5-12-7/h1-3,5H,4H2,(H,10,11). The van der Waals surface area contributed by atoms with Gasteiger partial charge >= 0.3 is 5.97 Å². The summed E-state index contributed by atoms with van der Waals surface area (Å²) >= 11 is 6.81. The highest BCUT2D eigenvalue weighted by molar-refractivity contribution is 7.11. The van der Waals surface area contributed by atoms with Crippen molar-refractivity contribution in [3.8, 4) is 0 Å². The average Bonchev–Trinajstić information content (AvgIpc) is 2.48. The molecule has 0 aliphatic rings. The molecule has 0 amide bonds. The minimum Gasteiger partial charge on any atom is -0.478 e. The molecule has 1 aromatic heterocycles. The zero-order chi connectivity index (χ0) is 8.97. The van der Waals surface area contributed by atoms with Crippen LogP contribution >= 0.6 is 22.9 Å². The summed E-state index contributed by atoms with van der Waals surface area (Å²) in [5.41, 5.74) is 0.335. The van der Waals surface area contributed by atoms with Gasteiger partial charge in [0.15, 0.2) is 0 Å². The number of aromatic carboxylic acids is 1. The number of carboxylic acids is 1. The van der Waals surface area contributed by atoms with Gasteiger partial charge < -0.3 is 5.11 Å². The van der Waals surface area contributed by atoms with Crippen molar-refractivity contribution in [3.63, 3.8) is 0 Å². The monoisotopic (exact) mass is 202 g/mol. The van der Waals surface area contributed by atoms with Crippen molar-refractivity contribution in [1.82, 2.24) is 0 Å². The molecule has 0 bridgehead atoms. The lowest BCUT2D eigenvalue weighted by Crippen LogP contribution is -1.94. The Morgan fingerprint density at radius 1 is 1.75 bits per heavy atom. The summed E-state index contributed by atoms with van der Waals surface area (Å²) in [5.74, 6) is -0.498. The van der Waals surface area contributed by atoms with Gasteiger partial charge in [0.25, 0.3) is 0 Å². The summed E-state index contributed by atoms with van der Waals surface area (Å²) in [6.07, 6.45) is 3.45. The van der Waals surface area contributed by atoms with Gasteiger partial charge in [0.2, 0.25) is 0 Å². The van der Waals surface area contributed by atoms with Gasteiger partial charge in [-0.1, -0.05) is 6.08 Å². The first kappa shape index (κ1) is 9.29. The first-order valence-electron chi connectivity index (χ1n) is 3.29. The molecule has 1 rings (SSSR count). The summed E-state index contributed by atoms with van der Waals surface area (Å²) < 4.78 is 0. The Kier molecular flexibility index (Phi) is 3.31. The van der Waals surface area contributed by atoms with Crippen molar-refractivity contribution in [2.45, 2.75) is 0 Å². The number of hydrogen-bond acceptors (Lipinski definition) is 2. The molecule has 0 radical (unpaired) electrons. The lowest BCUT2D eigenvalue weighted by Gasteiger charge is -1.89. The number of rotatable bonds is 3. The molecule has 0 unspecified atom stereocenters. The Morgan fingerprint density at radius 3 is 3.08 bits per heavy atom. The maximum Gasteiger partial charge on any atom is 0.337 e. The van der Waals surface area contributed by atoms with Gasteiger partial charge in [-0.25, -0.2) is 4.79 Å². The van der Waals surface area contributed by atoms with Crippen LogP contribution in [0, 0.1) is 0 Å². The molecule has 64 valence electrons. The van der Waals surface area contributed by atoms with E-state index in [-0.39, 0.29) is 0 Å². The summed E-state index contributed by atoms with van der Waals surface area (Å²) in [4.78, 5) is 11.3. The fraction of sp³-hybridized carbons (Fsp3) is 0.125. The van der Waals surface area contributed by atoms with E-state index in [0.717, 1.165) is 4.88 Å². The second-order valence-electron chi connectivity index (χ2n) is 2.06. The topological polar surface area (TPSA) is 37.3 Å². The van der Waals surface area contributed by atoms with Crippen LogP contribution in [-0.2, 0) is 0 Å². The predicted octanol–water partition coefficient (Wildman–Crippen LogP) is 2.70. The summed E-state index contributed by atoms with van der Waals surface area (Å²) in [6.45, 7) is 0. The Hall–Kier alpha value is -0.800. The number of hydrogen-bond donors (Lipinski definition) is 1. The highest BCUT2D eigenvalue weighted by Gasteiger charge is 2.07. The van der Waals surface area contributed by atoms with Crippen LogP contribution in [0.1, 0.15) is 15.2 Å². The lowest BCUT2D eigenvalue weighted by molar-refractivity contribution is 0.0697. The Labute approximate surface area is 79.1 Å². The Balaban J connectivity index is 2.91. The van der Waals surface area contributed by atoms with Crippen LogP contribution in [0.15, 0.2) is 17.5 Å². The fourth-order valence-corrected chi connectivity index (χ4v) is 1.68. The molecule has 0 fully saturated rings. The molecule has 2 nitrogen and oxygen atoms in total. The van der Waals surface area contributed by atoms with Gasteiger partial charge in [-0.15, -0.1) is 22.9 Å². The van der Waals surface area contributed by atoms with Crippen molar-refractivity contribution >= 4 is 35.0 Å². The maximum atomic E-state index is 10.6. The summed E-state index contributed by atoms with van der Waals surface area (Å²) in [6, 6.07) is 1.58. The fourth-order valence-electron chi connectivity index (χ4n) is 0.778. The first-order chi connectivity index (χ1) is 5.75. The van der Waals surface area contributed by atoms with Crippen molar-refractivity contribution in [1.29, 1.82) is 0 Å². The quantitative estimate of drug-likeness (QED) is 0.766. The third kappa shape index (κ3) is 2.09. The van der Waals surface area contributed by atoms with E-state index in [1.165, 1.54) is 11.3 Å². The molecule has 0 spiro atoms. The molecular weight excluding hydrogens is 196 g/mol. The molecule has 0 aliphatic carbocycles. The summed E-state index contributed by atoms with van der Waals surface area (Å²) in [7, 11) is 0. The molecule has 1 heterocycles. The van der Waals surface area contributed by atoms with Crippen LogP contribution in [0.25, 0.3) is 6.08 Å². The van der Waals surface area contributed by atoms with Gasteiger partial charge in [-0.2, -0.15) is 0 Å². The normalized spacial score (nSPS) is 10.8. The molecule has 0 aliphatic heterocycles. The highest BCUT2D eigenvalue weighted by atomic mass is 35.5. The zero-order valence-electron chi connectivity index (χ0n) is 6.16.